The van der Waals surface area contributed by atoms with Gasteiger partial charge in [-0.1, -0.05) is 28.9 Å². The summed E-state index contributed by atoms with van der Waals surface area (Å²) in [5, 5.41) is 16.1. The number of rotatable bonds is 8. The van der Waals surface area contributed by atoms with Gasteiger partial charge in [-0.15, -0.1) is 0 Å². The van der Waals surface area contributed by atoms with Crippen molar-refractivity contribution >= 4 is 44.7 Å². The summed E-state index contributed by atoms with van der Waals surface area (Å²) in [6, 6.07) is 9.41. The van der Waals surface area contributed by atoms with Crippen LogP contribution in [0.1, 0.15) is 32.2 Å². The van der Waals surface area contributed by atoms with E-state index in [0.29, 0.717) is 23.1 Å². The van der Waals surface area contributed by atoms with Crippen molar-refractivity contribution in [3.8, 4) is 5.75 Å². The number of fused-ring (bicyclic) bond motifs is 1. The van der Waals surface area contributed by atoms with Gasteiger partial charge in [-0.25, -0.2) is 9.78 Å². The number of hydrogen-bond donors (Lipinski definition) is 0. The first-order valence-corrected chi connectivity index (χ1v) is 10.9. The third kappa shape index (κ3) is 5.61. The SMILES string of the molecule is CCc1nc2ccc(Br)cc2c(=O)n1N=Cc1cccc([N+](=O)[O-])c1OCC(=O)OC(C)C. The minimum atomic E-state index is -0.667. The summed E-state index contributed by atoms with van der Waals surface area (Å²) in [7, 11) is 0. The molecule has 33 heavy (non-hydrogen) atoms. The van der Waals surface area contributed by atoms with Crippen LogP contribution in [-0.4, -0.2) is 39.5 Å². The van der Waals surface area contributed by atoms with E-state index >= 15 is 0 Å². The first-order chi connectivity index (χ1) is 15.7. The first kappa shape index (κ1) is 24.1. The van der Waals surface area contributed by atoms with E-state index in [1.165, 1.54) is 24.4 Å². The van der Waals surface area contributed by atoms with Gasteiger partial charge in [-0.05, 0) is 38.1 Å². The molecule has 0 saturated carbocycles. The van der Waals surface area contributed by atoms with Crippen LogP contribution in [0.25, 0.3) is 10.9 Å². The topological polar surface area (TPSA) is 126 Å². The number of nitrogens with zero attached hydrogens (tertiary/aromatic N) is 4. The highest BCUT2D eigenvalue weighted by Gasteiger charge is 2.20. The molecule has 0 saturated heterocycles. The number of ether oxygens (including phenoxy) is 2. The fourth-order valence-electron chi connectivity index (χ4n) is 3.04. The number of nitro benzene ring substituents is 1. The molecule has 10 nitrogen and oxygen atoms in total. The van der Waals surface area contributed by atoms with E-state index in [1.807, 2.05) is 6.92 Å². The zero-order chi connectivity index (χ0) is 24.1. The Morgan fingerprint density at radius 3 is 2.76 bits per heavy atom. The molecule has 172 valence electrons. The van der Waals surface area contributed by atoms with Crippen molar-refractivity contribution in [2.24, 2.45) is 5.10 Å². The van der Waals surface area contributed by atoms with Gasteiger partial charge in [0.1, 0.15) is 5.82 Å². The van der Waals surface area contributed by atoms with Crippen LogP contribution in [0.15, 0.2) is 50.8 Å². The van der Waals surface area contributed by atoms with Crippen LogP contribution in [0.5, 0.6) is 5.75 Å². The minimum Gasteiger partial charge on any atom is -0.474 e. The molecule has 0 atom stereocenters. The predicted molar refractivity (Wildman–Crippen MR) is 126 cm³/mol. The smallest absolute Gasteiger partial charge is 0.344 e. The Bertz CT molecular complexity index is 1300. The zero-order valence-electron chi connectivity index (χ0n) is 18.1. The molecule has 2 aromatic carbocycles. The van der Waals surface area contributed by atoms with Crippen molar-refractivity contribution in [2.45, 2.75) is 33.3 Å². The van der Waals surface area contributed by atoms with E-state index < -0.39 is 17.5 Å². The maximum Gasteiger partial charge on any atom is 0.344 e. The molecular formula is C22H21BrN4O6. The highest BCUT2D eigenvalue weighted by atomic mass is 79.9. The molecule has 1 aromatic heterocycles. The van der Waals surface area contributed by atoms with Crippen LogP contribution < -0.4 is 10.3 Å². The predicted octanol–water partition coefficient (Wildman–Crippen LogP) is 3.84. The van der Waals surface area contributed by atoms with Gasteiger partial charge in [-0.3, -0.25) is 14.9 Å². The average molecular weight is 517 g/mol. The number of para-hydroxylation sites is 1. The molecule has 0 aliphatic carbocycles. The lowest BCUT2D eigenvalue weighted by Crippen LogP contribution is -2.22. The molecule has 3 rings (SSSR count). The van der Waals surface area contributed by atoms with Gasteiger partial charge < -0.3 is 9.47 Å². The standard InChI is InChI=1S/C22H21BrN4O6/c1-4-19-25-17-9-8-15(23)10-16(17)22(29)26(19)24-11-14-6-5-7-18(27(30)31)21(14)32-12-20(28)33-13(2)3/h5-11,13H,4,12H2,1-3H3. The Kier molecular flexibility index (Phi) is 7.54. The van der Waals surface area contributed by atoms with Gasteiger partial charge in [0.05, 0.1) is 28.1 Å². The van der Waals surface area contributed by atoms with Crippen LogP contribution in [-0.2, 0) is 16.0 Å². The number of hydrogen-bond acceptors (Lipinski definition) is 8. The van der Waals surface area contributed by atoms with Gasteiger partial charge in [-0.2, -0.15) is 9.78 Å². The Morgan fingerprint density at radius 2 is 2.09 bits per heavy atom. The Balaban J connectivity index is 2.05. The third-order valence-electron chi connectivity index (χ3n) is 4.43. The highest BCUT2D eigenvalue weighted by Crippen LogP contribution is 2.30. The molecule has 3 aromatic rings. The molecule has 11 heteroatoms. The summed E-state index contributed by atoms with van der Waals surface area (Å²) in [5.74, 6) is -0.408. The van der Waals surface area contributed by atoms with Crippen LogP contribution >= 0.6 is 15.9 Å². The van der Waals surface area contributed by atoms with E-state index in [-0.39, 0.29) is 28.7 Å². The Labute approximate surface area is 197 Å². The summed E-state index contributed by atoms with van der Waals surface area (Å²) < 4.78 is 12.3. The van der Waals surface area contributed by atoms with Crippen molar-refractivity contribution in [3.63, 3.8) is 0 Å². The fraction of sp³-hybridized carbons (Fsp3) is 0.273. The molecule has 0 bridgehead atoms. The van der Waals surface area contributed by atoms with Crippen molar-refractivity contribution in [1.82, 2.24) is 9.66 Å². The van der Waals surface area contributed by atoms with E-state index in [0.717, 1.165) is 9.15 Å². The number of carbonyl (C=O) groups excluding carboxylic acids is 1. The fourth-order valence-corrected chi connectivity index (χ4v) is 3.40. The van der Waals surface area contributed by atoms with E-state index in [1.54, 1.807) is 32.0 Å². The van der Waals surface area contributed by atoms with Crippen molar-refractivity contribution in [3.05, 3.63) is 72.7 Å². The summed E-state index contributed by atoms with van der Waals surface area (Å²) in [6.07, 6.45) is 1.34. The number of carbonyl (C=O) groups is 1. The second kappa shape index (κ2) is 10.3. The number of nitro groups is 1. The van der Waals surface area contributed by atoms with Crippen LogP contribution in [0.3, 0.4) is 0 Å². The molecule has 0 aliphatic heterocycles. The maximum absolute atomic E-state index is 13.0. The quantitative estimate of drug-likeness (QED) is 0.192. The zero-order valence-corrected chi connectivity index (χ0v) is 19.7. The lowest BCUT2D eigenvalue weighted by atomic mass is 10.2. The van der Waals surface area contributed by atoms with Crippen molar-refractivity contribution in [2.75, 3.05) is 6.61 Å². The molecule has 0 unspecified atom stereocenters. The second-order valence-electron chi connectivity index (χ2n) is 7.18. The average Bonchev–Trinajstić information content (AvgIpc) is 2.76. The van der Waals surface area contributed by atoms with Gasteiger partial charge in [0, 0.05) is 22.5 Å². The summed E-state index contributed by atoms with van der Waals surface area (Å²) in [5.41, 5.74) is 0.0158. The molecule has 0 spiro atoms. The number of aromatic nitrogens is 2. The van der Waals surface area contributed by atoms with Gasteiger partial charge in [0.15, 0.2) is 6.61 Å². The Hall–Kier alpha value is -3.60. The lowest BCUT2D eigenvalue weighted by Gasteiger charge is -2.11. The maximum atomic E-state index is 13.0. The van der Waals surface area contributed by atoms with E-state index in [2.05, 4.69) is 26.0 Å². The van der Waals surface area contributed by atoms with Gasteiger partial charge in [0.2, 0.25) is 5.75 Å². The number of benzene rings is 2. The van der Waals surface area contributed by atoms with Crippen LogP contribution in [0, 0.1) is 10.1 Å². The summed E-state index contributed by atoms with van der Waals surface area (Å²) >= 11 is 3.34. The molecule has 0 N–H and O–H groups in total. The van der Waals surface area contributed by atoms with E-state index in [4.69, 9.17) is 9.47 Å². The lowest BCUT2D eigenvalue weighted by molar-refractivity contribution is -0.385. The molecule has 0 amide bonds. The normalized spacial score (nSPS) is 11.3. The van der Waals surface area contributed by atoms with Gasteiger partial charge in [0.25, 0.3) is 5.56 Å². The largest absolute Gasteiger partial charge is 0.474 e. The number of aryl methyl sites for hydroxylation is 1. The van der Waals surface area contributed by atoms with Gasteiger partial charge >= 0.3 is 11.7 Å². The van der Waals surface area contributed by atoms with Crippen molar-refractivity contribution in [1.29, 1.82) is 0 Å². The number of halogens is 1. The van der Waals surface area contributed by atoms with Crippen LogP contribution in [0.4, 0.5) is 5.69 Å². The van der Waals surface area contributed by atoms with Crippen molar-refractivity contribution < 1.29 is 19.2 Å². The highest BCUT2D eigenvalue weighted by molar-refractivity contribution is 9.10. The molecule has 1 heterocycles. The summed E-state index contributed by atoms with van der Waals surface area (Å²) in [6.45, 7) is 4.68. The molecule has 0 aliphatic rings. The van der Waals surface area contributed by atoms with Crippen LogP contribution in [0.2, 0.25) is 0 Å². The minimum absolute atomic E-state index is 0.158. The second-order valence-corrected chi connectivity index (χ2v) is 8.10. The molecule has 0 fully saturated rings. The first-order valence-electron chi connectivity index (χ1n) is 10.1. The Morgan fingerprint density at radius 1 is 1.33 bits per heavy atom. The molecular weight excluding hydrogens is 496 g/mol. The van der Waals surface area contributed by atoms with E-state index in [9.17, 15) is 19.7 Å². The third-order valence-corrected chi connectivity index (χ3v) is 4.92. The monoisotopic (exact) mass is 516 g/mol. The summed E-state index contributed by atoms with van der Waals surface area (Å²) in [4.78, 5) is 40.3. The molecule has 0 radical (unpaired) electrons. The number of esters is 1.